The van der Waals surface area contributed by atoms with Crippen LogP contribution in [-0.4, -0.2) is 22.8 Å². The van der Waals surface area contributed by atoms with E-state index < -0.39 is 0 Å². The van der Waals surface area contributed by atoms with Crippen molar-refractivity contribution in [2.24, 2.45) is 0 Å². The molecular formula is C15H18BrN3O. The second-order valence-electron chi connectivity index (χ2n) is 5.27. The fraction of sp³-hybridized carbons (Fsp3) is 0.467. The largest absolute Gasteiger partial charge is 0.421 e. The first-order chi connectivity index (χ1) is 9.74. The van der Waals surface area contributed by atoms with Crippen LogP contribution in [0.5, 0.6) is 0 Å². The van der Waals surface area contributed by atoms with E-state index in [-0.39, 0.29) is 0 Å². The van der Waals surface area contributed by atoms with Crippen molar-refractivity contribution in [3.63, 3.8) is 0 Å². The Kier molecular flexibility index (Phi) is 4.17. The Morgan fingerprint density at radius 1 is 1.35 bits per heavy atom. The highest BCUT2D eigenvalue weighted by molar-refractivity contribution is 9.10. The number of hydrogen-bond acceptors (Lipinski definition) is 4. The van der Waals surface area contributed by atoms with E-state index in [1.807, 2.05) is 12.1 Å². The number of nitrogens with one attached hydrogen (secondary N) is 1. The highest BCUT2D eigenvalue weighted by Gasteiger charge is 2.19. The molecule has 3 rings (SSSR count). The summed E-state index contributed by atoms with van der Waals surface area (Å²) in [5, 5.41) is 11.8. The Morgan fingerprint density at radius 2 is 2.20 bits per heavy atom. The molecule has 1 aliphatic carbocycles. The number of rotatable bonds is 6. The molecule has 1 aromatic carbocycles. The molecule has 0 radical (unpaired) electrons. The molecule has 0 amide bonds. The minimum atomic E-state index is 0.589. The predicted molar refractivity (Wildman–Crippen MR) is 81.5 cm³/mol. The van der Waals surface area contributed by atoms with E-state index in [0.29, 0.717) is 11.8 Å². The molecule has 0 bridgehead atoms. The van der Waals surface area contributed by atoms with Crippen molar-refractivity contribution in [2.45, 2.75) is 38.6 Å². The molecule has 0 spiro atoms. The Labute approximate surface area is 127 Å². The van der Waals surface area contributed by atoms with Crippen LogP contribution in [0, 0.1) is 6.92 Å². The Hall–Kier alpha value is -1.20. The molecule has 0 atom stereocenters. The monoisotopic (exact) mass is 335 g/mol. The molecule has 106 valence electrons. The van der Waals surface area contributed by atoms with Gasteiger partial charge in [0, 0.05) is 16.9 Å². The molecule has 0 aliphatic heterocycles. The number of aromatic nitrogens is 2. The van der Waals surface area contributed by atoms with Crippen LogP contribution >= 0.6 is 15.9 Å². The molecule has 1 saturated carbocycles. The van der Waals surface area contributed by atoms with E-state index in [4.69, 9.17) is 4.42 Å². The van der Waals surface area contributed by atoms with Crippen LogP contribution < -0.4 is 5.32 Å². The third-order valence-corrected chi connectivity index (χ3v) is 4.52. The molecule has 20 heavy (non-hydrogen) atoms. The van der Waals surface area contributed by atoms with E-state index in [1.165, 1.54) is 12.8 Å². The minimum absolute atomic E-state index is 0.589. The average molecular weight is 336 g/mol. The lowest BCUT2D eigenvalue weighted by Crippen LogP contribution is -2.17. The van der Waals surface area contributed by atoms with Gasteiger partial charge in [0.05, 0.1) is 5.56 Å². The van der Waals surface area contributed by atoms with Gasteiger partial charge in [-0.15, -0.1) is 10.2 Å². The van der Waals surface area contributed by atoms with Crippen molar-refractivity contribution in [3.05, 3.63) is 34.1 Å². The fourth-order valence-corrected chi connectivity index (χ4v) is 2.54. The molecule has 4 nitrogen and oxygen atoms in total. The summed E-state index contributed by atoms with van der Waals surface area (Å²) in [6, 6.07) is 6.80. The summed E-state index contributed by atoms with van der Waals surface area (Å²) in [7, 11) is 0. The van der Waals surface area contributed by atoms with Crippen molar-refractivity contribution in [1.82, 2.24) is 15.5 Å². The van der Waals surface area contributed by atoms with E-state index >= 15 is 0 Å². The van der Waals surface area contributed by atoms with Gasteiger partial charge in [-0.2, -0.15) is 0 Å². The molecule has 1 aromatic heterocycles. The van der Waals surface area contributed by atoms with Crippen LogP contribution in [0.1, 0.15) is 30.7 Å². The van der Waals surface area contributed by atoms with E-state index in [9.17, 15) is 0 Å². The van der Waals surface area contributed by atoms with Gasteiger partial charge in [-0.3, -0.25) is 0 Å². The summed E-state index contributed by atoms with van der Waals surface area (Å²) in [6.07, 6.45) is 4.52. The van der Waals surface area contributed by atoms with Crippen LogP contribution in [0.3, 0.4) is 0 Å². The zero-order valence-corrected chi connectivity index (χ0v) is 13.1. The van der Waals surface area contributed by atoms with Crippen molar-refractivity contribution in [2.75, 3.05) is 6.54 Å². The molecule has 5 heteroatoms. The number of halogens is 1. The van der Waals surface area contributed by atoms with E-state index in [0.717, 1.165) is 41.0 Å². The van der Waals surface area contributed by atoms with Gasteiger partial charge in [0.2, 0.25) is 11.8 Å². The topological polar surface area (TPSA) is 51.0 Å². The van der Waals surface area contributed by atoms with Gasteiger partial charge in [0.1, 0.15) is 0 Å². The summed E-state index contributed by atoms with van der Waals surface area (Å²) >= 11 is 3.58. The summed E-state index contributed by atoms with van der Waals surface area (Å²) < 4.78 is 6.77. The normalized spacial score (nSPS) is 14.7. The lowest BCUT2D eigenvalue weighted by molar-refractivity contribution is 0.490. The molecule has 1 fully saturated rings. The Bertz CT molecular complexity index is 593. The van der Waals surface area contributed by atoms with Crippen LogP contribution in [0.15, 0.2) is 27.1 Å². The lowest BCUT2D eigenvalue weighted by Gasteiger charge is -2.02. The molecule has 1 aliphatic rings. The maximum Gasteiger partial charge on any atom is 0.248 e. The van der Waals surface area contributed by atoms with Gasteiger partial charge in [0.15, 0.2) is 0 Å². The molecule has 0 unspecified atom stereocenters. The van der Waals surface area contributed by atoms with Gasteiger partial charge in [-0.25, -0.2) is 0 Å². The van der Waals surface area contributed by atoms with Gasteiger partial charge >= 0.3 is 0 Å². The molecule has 0 saturated heterocycles. The molecule has 2 aromatic rings. The number of hydrogen-bond donors (Lipinski definition) is 1. The number of nitrogens with zero attached hydrogens (tertiary/aromatic N) is 2. The third-order valence-electron chi connectivity index (χ3n) is 3.47. The maximum atomic E-state index is 5.75. The lowest BCUT2D eigenvalue weighted by atomic mass is 10.1. The van der Waals surface area contributed by atoms with E-state index in [1.54, 1.807) is 0 Å². The quantitative estimate of drug-likeness (QED) is 0.821. The second-order valence-corrected chi connectivity index (χ2v) is 6.06. The van der Waals surface area contributed by atoms with Gasteiger partial charge in [0.25, 0.3) is 0 Å². The summed E-state index contributed by atoms with van der Waals surface area (Å²) in [6.45, 7) is 3.07. The minimum Gasteiger partial charge on any atom is -0.421 e. The first-order valence-corrected chi connectivity index (χ1v) is 7.84. The SMILES string of the molecule is Cc1cccc(-c2nnc(CCCNC3CC3)o2)c1Br. The average Bonchev–Trinajstić information content (AvgIpc) is 3.15. The summed E-state index contributed by atoms with van der Waals surface area (Å²) in [5.74, 6) is 1.30. The van der Waals surface area contributed by atoms with Gasteiger partial charge in [-0.05, 0) is 60.3 Å². The van der Waals surface area contributed by atoms with Crippen molar-refractivity contribution in [1.29, 1.82) is 0 Å². The Morgan fingerprint density at radius 3 is 3.00 bits per heavy atom. The van der Waals surface area contributed by atoms with Crippen LogP contribution in [-0.2, 0) is 6.42 Å². The van der Waals surface area contributed by atoms with Gasteiger partial charge < -0.3 is 9.73 Å². The van der Waals surface area contributed by atoms with Crippen LogP contribution in [0.4, 0.5) is 0 Å². The summed E-state index contributed by atoms with van der Waals surface area (Å²) in [4.78, 5) is 0. The predicted octanol–water partition coefficient (Wildman–Crippen LogP) is 3.49. The van der Waals surface area contributed by atoms with Crippen molar-refractivity contribution < 1.29 is 4.42 Å². The second kappa shape index (κ2) is 6.06. The molecule has 1 heterocycles. The highest BCUT2D eigenvalue weighted by Crippen LogP contribution is 2.29. The van der Waals surface area contributed by atoms with E-state index in [2.05, 4.69) is 44.4 Å². The smallest absolute Gasteiger partial charge is 0.248 e. The fourth-order valence-electron chi connectivity index (χ4n) is 2.11. The Balaban J connectivity index is 1.62. The number of aryl methyl sites for hydroxylation is 2. The molecular weight excluding hydrogens is 318 g/mol. The third kappa shape index (κ3) is 3.27. The summed E-state index contributed by atoms with van der Waals surface area (Å²) in [5.41, 5.74) is 2.12. The highest BCUT2D eigenvalue weighted by atomic mass is 79.9. The van der Waals surface area contributed by atoms with Gasteiger partial charge in [-0.1, -0.05) is 12.1 Å². The zero-order chi connectivity index (χ0) is 13.9. The van der Waals surface area contributed by atoms with Crippen LogP contribution in [0.25, 0.3) is 11.5 Å². The van der Waals surface area contributed by atoms with Crippen molar-refractivity contribution >= 4 is 15.9 Å². The van der Waals surface area contributed by atoms with Crippen LogP contribution in [0.2, 0.25) is 0 Å². The first-order valence-electron chi connectivity index (χ1n) is 7.05. The zero-order valence-electron chi connectivity index (χ0n) is 11.5. The van der Waals surface area contributed by atoms with Crippen molar-refractivity contribution in [3.8, 4) is 11.5 Å². The maximum absolute atomic E-state index is 5.75. The standard InChI is InChI=1S/C15H18BrN3O/c1-10-4-2-5-12(14(10)16)15-19-18-13(20-15)6-3-9-17-11-7-8-11/h2,4-5,11,17H,3,6-9H2,1H3. The molecule has 1 N–H and O–H groups in total. The first kappa shape index (κ1) is 13.8. The number of benzene rings is 1.